The smallest absolute Gasteiger partial charge is 0.335 e. The van der Waals surface area contributed by atoms with Crippen LogP contribution in [0.1, 0.15) is 19.3 Å². The van der Waals surface area contributed by atoms with Crippen LogP contribution in [0.3, 0.4) is 0 Å². The fourth-order valence-electron chi connectivity index (χ4n) is 1.39. The van der Waals surface area contributed by atoms with E-state index >= 15 is 0 Å². The van der Waals surface area contributed by atoms with E-state index in [1.165, 1.54) is 0 Å². The average molecular weight is 584 g/mol. The molecule has 0 fully saturated rings. The average Bonchev–Trinajstić information content (AvgIpc) is 2.86. The van der Waals surface area contributed by atoms with Crippen LogP contribution in [0.5, 0.6) is 0 Å². The van der Waals surface area contributed by atoms with Crippen LogP contribution in [0.2, 0.25) is 0 Å². The number of carboxylic acid groups (broad SMARTS) is 6. The van der Waals surface area contributed by atoms with E-state index in [9.17, 15) is 28.8 Å². The zero-order valence-electron chi connectivity index (χ0n) is 19.7. The van der Waals surface area contributed by atoms with Crippen molar-refractivity contribution in [3.8, 4) is 0 Å². The van der Waals surface area contributed by atoms with Gasteiger partial charge in [-0.3, -0.25) is 0 Å². The summed E-state index contributed by atoms with van der Waals surface area (Å²) >= 11 is 0. The lowest BCUT2D eigenvalue weighted by atomic mass is 10.2. The number of carboxylic acids is 6. The van der Waals surface area contributed by atoms with Gasteiger partial charge in [-0.05, 0) is 19.3 Å². The molecule has 0 rings (SSSR count). The number of hydrogen-bond acceptors (Lipinski definition) is 15. The summed E-state index contributed by atoms with van der Waals surface area (Å²) in [4.78, 5) is 58.6. The minimum atomic E-state index is -2.27. The molecule has 0 spiro atoms. The number of hydrogen-bond donors (Lipinski definition) is 15. The highest BCUT2D eigenvalue weighted by Crippen LogP contribution is 1.98. The minimum Gasteiger partial charge on any atom is -0.479 e. The first-order valence-electron chi connectivity index (χ1n) is 10.1. The molecule has 21 heteroatoms. The van der Waals surface area contributed by atoms with Crippen molar-refractivity contribution in [2.45, 2.75) is 62.0 Å². The lowest BCUT2D eigenvalue weighted by Gasteiger charge is -2.07. The van der Waals surface area contributed by atoms with Crippen molar-refractivity contribution >= 4 is 35.8 Å². The van der Waals surface area contributed by atoms with E-state index in [2.05, 4.69) is 0 Å². The van der Waals surface area contributed by atoms with E-state index in [-0.39, 0.29) is 13.2 Å². The summed E-state index contributed by atoms with van der Waals surface area (Å²) in [5.41, 5.74) is 0. The molecule has 0 saturated carbocycles. The summed E-state index contributed by atoms with van der Waals surface area (Å²) in [6.45, 7) is -0.0103. The molecule has 0 radical (unpaired) electrons. The predicted molar refractivity (Wildman–Crippen MR) is 116 cm³/mol. The lowest BCUT2D eigenvalue weighted by molar-refractivity contribution is -0.165. The third kappa shape index (κ3) is 23.3. The van der Waals surface area contributed by atoms with E-state index in [0.29, 0.717) is 12.8 Å². The number of aliphatic hydroxyl groups excluding tert-OH is 9. The topological polar surface area (TPSA) is 406 Å². The van der Waals surface area contributed by atoms with Gasteiger partial charge in [0.2, 0.25) is 0 Å². The number of aliphatic carboxylic acids is 6. The normalized spacial score (nSPS) is 15.3. The maximum Gasteiger partial charge on any atom is 0.335 e. The van der Waals surface area contributed by atoms with Gasteiger partial charge in [0, 0.05) is 6.61 Å². The number of aliphatic hydroxyl groups is 9. The van der Waals surface area contributed by atoms with Crippen molar-refractivity contribution in [3.05, 3.63) is 0 Å². The summed E-state index contributed by atoms with van der Waals surface area (Å²) in [5.74, 6) is -10.6. The zero-order valence-corrected chi connectivity index (χ0v) is 19.7. The molecule has 7 atom stereocenters. The SMILES string of the molecule is O=C(O)C(O)C(O)C(=O)O.O=C(O)C(O)C(O)C(=O)O.O=C(O)C(O)C(O)C(=O)O.OCCCCC(O)CO. The Bertz CT molecular complexity index is 614. The third-order valence-corrected chi connectivity index (χ3v) is 3.57. The molecule has 0 amide bonds. The summed E-state index contributed by atoms with van der Waals surface area (Å²) in [6, 6.07) is 0. The van der Waals surface area contributed by atoms with Gasteiger partial charge in [0.05, 0.1) is 12.7 Å². The lowest BCUT2D eigenvalue weighted by Crippen LogP contribution is -2.39. The van der Waals surface area contributed by atoms with Crippen molar-refractivity contribution in [1.82, 2.24) is 0 Å². The van der Waals surface area contributed by atoms with Crippen LogP contribution in [-0.2, 0) is 28.8 Å². The van der Waals surface area contributed by atoms with Gasteiger partial charge in [0.15, 0.2) is 36.6 Å². The zero-order chi connectivity index (χ0) is 32.0. The first-order chi connectivity index (χ1) is 17.7. The van der Waals surface area contributed by atoms with Crippen LogP contribution in [0.15, 0.2) is 0 Å². The summed E-state index contributed by atoms with van der Waals surface area (Å²) in [5, 5.41) is 123. The van der Waals surface area contributed by atoms with Crippen molar-refractivity contribution in [2.24, 2.45) is 0 Å². The number of rotatable bonds is 14. The van der Waals surface area contributed by atoms with E-state index in [4.69, 9.17) is 76.6 Å². The monoisotopic (exact) mass is 584 g/mol. The van der Waals surface area contributed by atoms with Crippen LogP contribution < -0.4 is 0 Å². The van der Waals surface area contributed by atoms with Gasteiger partial charge in [-0.1, -0.05) is 0 Å². The van der Waals surface area contributed by atoms with Gasteiger partial charge in [0.1, 0.15) is 0 Å². The molecule has 0 aromatic heterocycles. The number of unbranched alkanes of at least 4 members (excludes halogenated alkanes) is 1. The molecule has 0 aliphatic heterocycles. The predicted octanol–water partition coefficient (Wildman–Crippen LogP) is -6.87. The highest BCUT2D eigenvalue weighted by molar-refractivity contribution is 5.84. The van der Waals surface area contributed by atoms with Crippen molar-refractivity contribution in [3.63, 3.8) is 0 Å². The Morgan fingerprint density at radius 2 is 0.615 bits per heavy atom. The van der Waals surface area contributed by atoms with Crippen LogP contribution >= 0.6 is 0 Å². The highest BCUT2D eigenvalue weighted by atomic mass is 16.5. The molecular weight excluding hydrogens is 552 g/mol. The third-order valence-electron chi connectivity index (χ3n) is 3.57. The Morgan fingerprint density at radius 3 is 0.744 bits per heavy atom. The highest BCUT2D eigenvalue weighted by Gasteiger charge is 2.30. The van der Waals surface area contributed by atoms with Gasteiger partial charge in [0.25, 0.3) is 0 Å². The van der Waals surface area contributed by atoms with E-state index < -0.39 is 78.5 Å². The molecule has 15 N–H and O–H groups in total. The quantitative estimate of drug-likeness (QED) is 0.0843. The molecule has 0 aliphatic carbocycles. The summed E-state index contributed by atoms with van der Waals surface area (Å²) in [6.07, 6.45) is -12.1. The molecule has 230 valence electrons. The molecule has 0 aromatic carbocycles. The Hall–Kier alpha value is -3.54. The number of carbonyl (C=O) groups is 6. The van der Waals surface area contributed by atoms with E-state index in [0.717, 1.165) is 6.42 Å². The molecule has 0 aliphatic rings. The first-order valence-corrected chi connectivity index (χ1v) is 10.1. The van der Waals surface area contributed by atoms with Gasteiger partial charge in [-0.2, -0.15) is 0 Å². The molecule has 0 heterocycles. The second kappa shape index (κ2) is 23.6. The van der Waals surface area contributed by atoms with Crippen LogP contribution in [-0.4, -0.2) is 168 Å². The van der Waals surface area contributed by atoms with Gasteiger partial charge in [-0.25, -0.2) is 28.8 Å². The van der Waals surface area contributed by atoms with Crippen molar-refractivity contribution in [1.29, 1.82) is 0 Å². The van der Waals surface area contributed by atoms with Gasteiger partial charge in [-0.15, -0.1) is 0 Å². The Kier molecular flexibility index (Phi) is 25.7. The molecule has 7 unspecified atom stereocenters. The van der Waals surface area contributed by atoms with Gasteiger partial charge < -0.3 is 76.6 Å². The molecular formula is C18H32O21. The maximum atomic E-state index is 9.77. The second-order valence-corrected chi connectivity index (χ2v) is 6.75. The van der Waals surface area contributed by atoms with Crippen LogP contribution in [0, 0.1) is 0 Å². The Labute approximate surface area is 217 Å². The fourth-order valence-corrected chi connectivity index (χ4v) is 1.39. The molecule has 0 bridgehead atoms. The molecule has 21 nitrogen and oxygen atoms in total. The first kappa shape index (κ1) is 42.5. The van der Waals surface area contributed by atoms with Gasteiger partial charge >= 0.3 is 35.8 Å². The van der Waals surface area contributed by atoms with Crippen molar-refractivity contribution < 1.29 is 105 Å². The van der Waals surface area contributed by atoms with E-state index in [1.807, 2.05) is 0 Å². The molecule has 0 saturated heterocycles. The van der Waals surface area contributed by atoms with Crippen LogP contribution in [0.25, 0.3) is 0 Å². The second-order valence-electron chi connectivity index (χ2n) is 6.75. The molecule has 0 aromatic rings. The Morgan fingerprint density at radius 1 is 0.410 bits per heavy atom. The minimum absolute atomic E-state index is 0.165. The fraction of sp³-hybridized carbons (Fsp3) is 0.667. The largest absolute Gasteiger partial charge is 0.479 e. The van der Waals surface area contributed by atoms with E-state index in [1.54, 1.807) is 0 Å². The molecule has 39 heavy (non-hydrogen) atoms. The van der Waals surface area contributed by atoms with Crippen LogP contribution in [0.4, 0.5) is 0 Å². The van der Waals surface area contributed by atoms with Crippen molar-refractivity contribution in [2.75, 3.05) is 13.2 Å². The maximum absolute atomic E-state index is 9.77. The summed E-state index contributed by atoms with van der Waals surface area (Å²) in [7, 11) is 0. The Balaban J connectivity index is -0.000000210. The summed E-state index contributed by atoms with van der Waals surface area (Å²) < 4.78 is 0. The standard InChI is InChI=1S/C6H14O3.3C4H6O6/c7-4-2-1-3-6(9)5-8;3*5-1(3(7)8)2(6)4(9)10/h6-9H,1-5H2;3*1-2,5-6H,(H,7,8)(H,9,10).